The normalized spacial score (nSPS) is 19.5. The summed E-state index contributed by atoms with van der Waals surface area (Å²) in [6, 6.07) is -0.148. The second-order valence-corrected chi connectivity index (χ2v) is 3.47. The van der Waals surface area contributed by atoms with Crippen LogP contribution in [0.25, 0.3) is 0 Å². The topological polar surface area (TPSA) is 64.9 Å². The summed E-state index contributed by atoms with van der Waals surface area (Å²) in [5.41, 5.74) is 5.58. The van der Waals surface area contributed by atoms with Gasteiger partial charge in [0.25, 0.3) is 0 Å². The summed E-state index contributed by atoms with van der Waals surface area (Å²) in [6.07, 6.45) is 3.53. The van der Waals surface area contributed by atoms with Crippen molar-refractivity contribution >= 4 is 0 Å². The van der Waals surface area contributed by atoms with Gasteiger partial charge in [-0.05, 0) is 25.7 Å². The average molecular weight is 167 g/mol. The van der Waals surface area contributed by atoms with Crippen LogP contribution >= 0.6 is 0 Å². The number of hydrogen-bond acceptors (Lipinski definition) is 4. The molecule has 2 rings (SSSR count). The van der Waals surface area contributed by atoms with Crippen LogP contribution in [0.2, 0.25) is 0 Å². The third-order valence-electron chi connectivity index (χ3n) is 2.03. The van der Waals surface area contributed by atoms with Crippen molar-refractivity contribution in [1.82, 2.24) is 10.2 Å². The second-order valence-electron chi connectivity index (χ2n) is 3.47. The molecule has 1 fully saturated rings. The Kier molecular flexibility index (Phi) is 1.84. The number of rotatable bonds is 3. The van der Waals surface area contributed by atoms with Gasteiger partial charge in [-0.15, -0.1) is 10.2 Å². The van der Waals surface area contributed by atoms with Gasteiger partial charge in [0.1, 0.15) is 0 Å². The Morgan fingerprint density at radius 2 is 2.33 bits per heavy atom. The van der Waals surface area contributed by atoms with Gasteiger partial charge in [-0.1, -0.05) is 0 Å². The fourth-order valence-electron chi connectivity index (χ4n) is 1.10. The summed E-state index contributed by atoms with van der Waals surface area (Å²) in [5, 5.41) is 7.78. The Bertz CT molecular complexity index is 265. The molecule has 1 heterocycles. The van der Waals surface area contributed by atoms with Crippen LogP contribution in [0.4, 0.5) is 0 Å². The second kappa shape index (κ2) is 2.86. The molecule has 1 unspecified atom stereocenters. The van der Waals surface area contributed by atoms with Crippen molar-refractivity contribution < 1.29 is 4.42 Å². The van der Waals surface area contributed by atoms with Gasteiger partial charge in [0.15, 0.2) is 0 Å². The molecule has 1 saturated carbocycles. The molecule has 2 N–H and O–H groups in total. The van der Waals surface area contributed by atoms with Crippen LogP contribution in [-0.2, 0) is 6.42 Å². The maximum atomic E-state index is 5.58. The highest BCUT2D eigenvalue weighted by Gasteiger charge is 2.24. The first-order chi connectivity index (χ1) is 5.75. The average Bonchev–Trinajstić information content (AvgIpc) is 2.66. The zero-order valence-electron chi connectivity index (χ0n) is 7.16. The lowest BCUT2D eigenvalue weighted by atomic mass is 10.3. The Hall–Kier alpha value is -0.900. The van der Waals surface area contributed by atoms with Crippen molar-refractivity contribution in [2.24, 2.45) is 11.7 Å². The fraction of sp³-hybridized carbons (Fsp3) is 0.750. The summed E-state index contributed by atoms with van der Waals surface area (Å²) in [4.78, 5) is 0. The number of hydrogen-bond donors (Lipinski definition) is 1. The van der Waals surface area contributed by atoms with Crippen LogP contribution in [0.5, 0.6) is 0 Å². The molecule has 4 heteroatoms. The van der Waals surface area contributed by atoms with Crippen LogP contribution in [0.3, 0.4) is 0 Å². The lowest BCUT2D eigenvalue weighted by Crippen LogP contribution is -2.04. The van der Waals surface area contributed by atoms with Crippen LogP contribution in [0.15, 0.2) is 4.42 Å². The van der Waals surface area contributed by atoms with E-state index in [0.717, 1.165) is 18.2 Å². The minimum absolute atomic E-state index is 0.148. The van der Waals surface area contributed by atoms with Crippen molar-refractivity contribution in [2.75, 3.05) is 0 Å². The van der Waals surface area contributed by atoms with Gasteiger partial charge >= 0.3 is 0 Å². The maximum absolute atomic E-state index is 5.58. The highest BCUT2D eigenvalue weighted by atomic mass is 16.4. The lowest BCUT2D eigenvalue weighted by molar-refractivity contribution is 0.420. The van der Waals surface area contributed by atoms with Crippen LogP contribution in [0, 0.1) is 5.92 Å². The van der Waals surface area contributed by atoms with Crippen molar-refractivity contribution in [3.05, 3.63) is 11.8 Å². The Labute approximate surface area is 71.2 Å². The molecule has 0 aliphatic heterocycles. The molecule has 1 aromatic heterocycles. The Balaban J connectivity index is 2.02. The van der Waals surface area contributed by atoms with Gasteiger partial charge in [-0.25, -0.2) is 0 Å². The monoisotopic (exact) mass is 167 g/mol. The van der Waals surface area contributed by atoms with E-state index in [9.17, 15) is 0 Å². The van der Waals surface area contributed by atoms with Crippen molar-refractivity contribution in [2.45, 2.75) is 32.2 Å². The van der Waals surface area contributed by atoms with E-state index in [4.69, 9.17) is 10.2 Å². The molecule has 1 aliphatic carbocycles. The van der Waals surface area contributed by atoms with Gasteiger partial charge < -0.3 is 10.2 Å². The maximum Gasteiger partial charge on any atom is 0.232 e. The molecule has 0 radical (unpaired) electrons. The van der Waals surface area contributed by atoms with Gasteiger partial charge in [-0.3, -0.25) is 0 Å². The van der Waals surface area contributed by atoms with Crippen molar-refractivity contribution in [1.29, 1.82) is 0 Å². The van der Waals surface area contributed by atoms with E-state index in [1.165, 1.54) is 12.8 Å². The predicted molar refractivity (Wildman–Crippen MR) is 43.3 cm³/mol. The SMILES string of the molecule is CC(N)c1nnc(CC2CC2)o1. The first kappa shape index (κ1) is 7.73. The number of aromatic nitrogens is 2. The molecule has 4 nitrogen and oxygen atoms in total. The van der Waals surface area contributed by atoms with Crippen molar-refractivity contribution in [3.63, 3.8) is 0 Å². The zero-order valence-corrected chi connectivity index (χ0v) is 7.16. The first-order valence-corrected chi connectivity index (χ1v) is 4.33. The van der Waals surface area contributed by atoms with Gasteiger partial charge in [0, 0.05) is 6.42 Å². The fourth-order valence-corrected chi connectivity index (χ4v) is 1.10. The predicted octanol–water partition coefficient (Wildman–Crippen LogP) is 1.04. The minimum Gasteiger partial charge on any atom is -0.424 e. The van der Waals surface area contributed by atoms with E-state index in [2.05, 4.69) is 10.2 Å². The quantitative estimate of drug-likeness (QED) is 0.730. The number of nitrogens with two attached hydrogens (primary N) is 1. The summed E-state index contributed by atoms with van der Waals surface area (Å²) in [7, 11) is 0. The van der Waals surface area contributed by atoms with Crippen molar-refractivity contribution in [3.8, 4) is 0 Å². The molecule has 1 aliphatic rings. The molecule has 0 bridgehead atoms. The lowest BCUT2D eigenvalue weighted by Gasteiger charge is -1.94. The molecule has 0 saturated heterocycles. The largest absolute Gasteiger partial charge is 0.424 e. The van der Waals surface area contributed by atoms with Crippen LogP contribution < -0.4 is 5.73 Å². The molecule has 1 atom stereocenters. The summed E-state index contributed by atoms with van der Waals surface area (Å²) >= 11 is 0. The molecule has 66 valence electrons. The molecule has 0 amide bonds. The molecular weight excluding hydrogens is 154 g/mol. The van der Waals surface area contributed by atoms with E-state index in [-0.39, 0.29) is 6.04 Å². The van der Waals surface area contributed by atoms with Crippen LogP contribution in [0.1, 0.15) is 37.6 Å². The zero-order chi connectivity index (χ0) is 8.55. The molecular formula is C8H13N3O. The summed E-state index contributed by atoms with van der Waals surface area (Å²) in [6.45, 7) is 1.84. The Morgan fingerprint density at radius 3 is 2.83 bits per heavy atom. The first-order valence-electron chi connectivity index (χ1n) is 4.33. The summed E-state index contributed by atoms with van der Waals surface area (Å²) < 4.78 is 5.35. The molecule has 0 aromatic carbocycles. The van der Waals surface area contributed by atoms with E-state index < -0.39 is 0 Å². The van der Waals surface area contributed by atoms with Gasteiger partial charge in [0.05, 0.1) is 6.04 Å². The van der Waals surface area contributed by atoms with E-state index in [0.29, 0.717) is 5.89 Å². The summed E-state index contributed by atoms with van der Waals surface area (Å²) in [5.74, 6) is 2.07. The molecule has 1 aromatic rings. The standard InChI is InChI=1S/C8H13N3O/c1-5(9)8-11-10-7(12-8)4-6-2-3-6/h5-6H,2-4,9H2,1H3. The van der Waals surface area contributed by atoms with E-state index >= 15 is 0 Å². The molecule has 12 heavy (non-hydrogen) atoms. The van der Waals surface area contributed by atoms with Gasteiger partial charge in [0.2, 0.25) is 11.8 Å². The minimum atomic E-state index is -0.148. The third kappa shape index (κ3) is 1.64. The molecule has 0 spiro atoms. The van der Waals surface area contributed by atoms with Crippen LogP contribution in [-0.4, -0.2) is 10.2 Å². The van der Waals surface area contributed by atoms with E-state index in [1.54, 1.807) is 0 Å². The highest BCUT2D eigenvalue weighted by molar-refractivity contribution is 4.90. The number of nitrogens with zero attached hydrogens (tertiary/aromatic N) is 2. The van der Waals surface area contributed by atoms with E-state index in [1.807, 2.05) is 6.92 Å². The third-order valence-corrected chi connectivity index (χ3v) is 2.03. The van der Waals surface area contributed by atoms with Gasteiger partial charge in [-0.2, -0.15) is 0 Å². The highest BCUT2D eigenvalue weighted by Crippen LogP contribution is 2.32. The smallest absolute Gasteiger partial charge is 0.232 e. The Morgan fingerprint density at radius 1 is 1.58 bits per heavy atom.